The van der Waals surface area contributed by atoms with Crippen LogP contribution in [0.15, 0.2) is 6.20 Å². The normalized spacial score (nSPS) is 19.2. The van der Waals surface area contributed by atoms with Crippen LogP contribution in [0, 0.1) is 6.92 Å². The third-order valence-electron chi connectivity index (χ3n) is 2.61. The first-order valence-corrected chi connectivity index (χ1v) is 5.48. The van der Waals surface area contributed by atoms with Gasteiger partial charge in [0.2, 0.25) is 0 Å². The molecule has 1 atom stereocenters. The van der Waals surface area contributed by atoms with Gasteiger partial charge in [-0.2, -0.15) is 4.98 Å². The number of aromatic carboxylic acids is 1. The van der Waals surface area contributed by atoms with E-state index in [0.29, 0.717) is 12.3 Å². The quantitative estimate of drug-likeness (QED) is 0.844. The van der Waals surface area contributed by atoms with Gasteiger partial charge in [0, 0.05) is 12.8 Å². The van der Waals surface area contributed by atoms with Crippen molar-refractivity contribution in [2.24, 2.45) is 0 Å². The van der Waals surface area contributed by atoms with Crippen molar-refractivity contribution in [3.05, 3.63) is 17.5 Å². The van der Waals surface area contributed by atoms with Crippen molar-refractivity contribution < 1.29 is 19.4 Å². The highest BCUT2D eigenvalue weighted by Crippen LogP contribution is 2.14. The first-order chi connectivity index (χ1) is 8.16. The molecule has 0 spiro atoms. The van der Waals surface area contributed by atoms with Gasteiger partial charge in [-0.1, -0.05) is 0 Å². The van der Waals surface area contributed by atoms with Crippen molar-refractivity contribution in [1.82, 2.24) is 9.97 Å². The summed E-state index contributed by atoms with van der Waals surface area (Å²) >= 11 is 0. The monoisotopic (exact) mass is 238 g/mol. The molecule has 1 aliphatic heterocycles. The number of rotatable bonds is 4. The zero-order chi connectivity index (χ0) is 12.3. The summed E-state index contributed by atoms with van der Waals surface area (Å²) in [6.45, 7) is 2.79. The van der Waals surface area contributed by atoms with Gasteiger partial charge in [-0.3, -0.25) is 0 Å². The summed E-state index contributed by atoms with van der Waals surface area (Å²) in [6, 6.07) is 0.197. The molecule has 2 heterocycles. The fraction of sp³-hybridized carbons (Fsp3) is 0.545. The molecule has 0 radical (unpaired) electrons. The van der Waals surface area contributed by atoms with E-state index in [0.717, 1.165) is 19.4 Å². The minimum Gasteiger partial charge on any atom is -0.478 e. The molecule has 6 heteroatoms. The number of carboxylic acids is 1. The highest BCUT2D eigenvalue weighted by Gasteiger charge is 2.17. The van der Waals surface area contributed by atoms with Crippen molar-refractivity contribution in [2.75, 3.05) is 13.2 Å². The van der Waals surface area contributed by atoms with Gasteiger partial charge in [0.1, 0.15) is 6.61 Å². The second-order valence-corrected chi connectivity index (χ2v) is 3.90. The van der Waals surface area contributed by atoms with Gasteiger partial charge < -0.3 is 14.6 Å². The van der Waals surface area contributed by atoms with Crippen LogP contribution in [-0.4, -0.2) is 40.4 Å². The summed E-state index contributed by atoms with van der Waals surface area (Å²) in [5.74, 6) is -1.03. The van der Waals surface area contributed by atoms with E-state index in [1.165, 1.54) is 6.20 Å². The summed E-state index contributed by atoms with van der Waals surface area (Å²) in [7, 11) is 0. The average Bonchev–Trinajstić information content (AvgIpc) is 2.78. The number of aromatic nitrogens is 2. The summed E-state index contributed by atoms with van der Waals surface area (Å²) in [4.78, 5) is 18.6. The van der Waals surface area contributed by atoms with Gasteiger partial charge in [-0.25, -0.2) is 9.78 Å². The third-order valence-corrected chi connectivity index (χ3v) is 2.61. The van der Waals surface area contributed by atoms with Gasteiger partial charge in [0.15, 0.2) is 0 Å². The van der Waals surface area contributed by atoms with Crippen LogP contribution >= 0.6 is 0 Å². The van der Waals surface area contributed by atoms with E-state index in [1.807, 2.05) is 0 Å². The van der Waals surface area contributed by atoms with Crippen molar-refractivity contribution in [1.29, 1.82) is 0 Å². The van der Waals surface area contributed by atoms with Gasteiger partial charge in [0.25, 0.3) is 0 Å². The molecule has 0 aliphatic carbocycles. The summed E-state index contributed by atoms with van der Waals surface area (Å²) < 4.78 is 10.8. The first-order valence-electron chi connectivity index (χ1n) is 5.48. The Hall–Kier alpha value is -1.69. The van der Waals surface area contributed by atoms with Crippen LogP contribution in [-0.2, 0) is 4.74 Å². The Balaban J connectivity index is 1.97. The summed E-state index contributed by atoms with van der Waals surface area (Å²) in [5, 5.41) is 8.82. The zero-order valence-electron chi connectivity index (χ0n) is 9.55. The lowest BCUT2D eigenvalue weighted by atomic mass is 10.2. The SMILES string of the molecule is Cc1nc(OCC2CCCO2)ncc1C(=O)O. The number of carbonyl (C=O) groups is 1. The number of ether oxygens (including phenoxy) is 2. The molecule has 1 aliphatic rings. The molecule has 0 amide bonds. The van der Waals surface area contributed by atoms with Crippen LogP contribution in [0.2, 0.25) is 0 Å². The maximum absolute atomic E-state index is 10.8. The third kappa shape index (κ3) is 2.91. The van der Waals surface area contributed by atoms with Gasteiger partial charge in [-0.15, -0.1) is 0 Å². The van der Waals surface area contributed by atoms with E-state index in [4.69, 9.17) is 14.6 Å². The highest BCUT2D eigenvalue weighted by atomic mass is 16.5. The van der Waals surface area contributed by atoms with Crippen LogP contribution in [0.1, 0.15) is 28.9 Å². The Morgan fingerprint density at radius 1 is 1.71 bits per heavy atom. The molecule has 0 aromatic carbocycles. The number of aryl methyl sites for hydroxylation is 1. The minimum absolute atomic E-state index is 0.0921. The molecule has 1 aromatic heterocycles. The Labute approximate surface area is 98.6 Å². The lowest BCUT2D eigenvalue weighted by Gasteiger charge is -2.10. The van der Waals surface area contributed by atoms with Crippen molar-refractivity contribution >= 4 is 5.97 Å². The second-order valence-electron chi connectivity index (χ2n) is 3.90. The van der Waals surface area contributed by atoms with Crippen molar-refractivity contribution in [2.45, 2.75) is 25.9 Å². The van der Waals surface area contributed by atoms with Gasteiger partial charge >= 0.3 is 12.0 Å². The Morgan fingerprint density at radius 3 is 3.12 bits per heavy atom. The summed E-state index contributed by atoms with van der Waals surface area (Å²) in [5.41, 5.74) is 0.490. The van der Waals surface area contributed by atoms with Gasteiger partial charge in [-0.05, 0) is 19.8 Å². The molecule has 1 saturated heterocycles. The molecule has 1 N–H and O–H groups in total. The van der Waals surface area contributed by atoms with E-state index >= 15 is 0 Å². The lowest BCUT2D eigenvalue weighted by Crippen LogP contribution is -2.17. The molecule has 2 rings (SSSR count). The molecule has 0 saturated carbocycles. The van der Waals surface area contributed by atoms with Crippen LogP contribution in [0.25, 0.3) is 0 Å². The van der Waals surface area contributed by atoms with Crippen LogP contribution in [0.4, 0.5) is 0 Å². The second kappa shape index (κ2) is 5.09. The predicted octanol–water partition coefficient (Wildman–Crippen LogP) is 1.04. The van der Waals surface area contributed by atoms with Crippen molar-refractivity contribution in [3.63, 3.8) is 0 Å². The van der Waals surface area contributed by atoms with E-state index in [9.17, 15) is 4.79 Å². The molecule has 1 unspecified atom stereocenters. The van der Waals surface area contributed by atoms with E-state index in [1.54, 1.807) is 6.92 Å². The largest absolute Gasteiger partial charge is 0.478 e. The molecule has 0 bridgehead atoms. The van der Waals surface area contributed by atoms with Crippen molar-refractivity contribution in [3.8, 4) is 6.01 Å². The fourth-order valence-corrected chi connectivity index (χ4v) is 1.67. The lowest BCUT2D eigenvalue weighted by molar-refractivity contribution is 0.0640. The molecule has 1 fully saturated rings. The topological polar surface area (TPSA) is 81.5 Å². The Kier molecular flexibility index (Phi) is 3.53. The van der Waals surface area contributed by atoms with Crippen LogP contribution in [0.5, 0.6) is 6.01 Å². The maximum Gasteiger partial charge on any atom is 0.339 e. The Morgan fingerprint density at radius 2 is 2.53 bits per heavy atom. The fourth-order valence-electron chi connectivity index (χ4n) is 1.67. The highest BCUT2D eigenvalue weighted by molar-refractivity contribution is 5.88. The minimum atomic E-state index is -1.03. The van der Waals surface area contributed by atoms with Gasteiger partial charge in [0.05, 0.1) is 17.4 Å². The maximum atomic E-state index is 10.8. The predicted molar refractivity (Wildman–Crippen MR) is 58.2 cm³/mol. The number of carboxylic acid groups (broad SMARTS) is 1. The molecule has 17 heavy (non-hydrogen) atoms. The van der Waals surface area contributed by atoms with E-state index in [2.05, 4.69) is 9.97 Å². The average molecular weight is 238 g/mol. The number of nitrogens with zero attached hydrogens (tertiary/aromatic N) is 2. The van der Waals surface area contributed by atoms with E-state index in [-0.39, 0.29) is 17.7 Å². The molecular weight excluding hydrogens is 224 g/mol. The number of hydrogen-bond acceptors (Lipinski definition) is 5. The number of hydrogen-bond donors (Lipinski definition) is 1. The standard InChI is InChI=1S/C11H14N2O4/c1-7-9(10(14)15)5-12-11(13-7)17-6-8-3-2-4-16-8/h5,8H,2-4,6H2,1H3,(H,14,15). The smallest absolute Gasteiger partial charge is 0.339 e. The molecular formula is C11H14N2O4. The Bertz CT molecular complexity index is 416. The first kappa shape index (κ1) is 11.8. The molecule has 1 aromatic rings. The zero-order valence-corrected chi connectivity index (χ0v) is 9.55. The summed E-state index contributed by atoms with van der Waals surface area (Å²) in [6.07, 6.45) is 3.38. The molecule has 92 valence electrons. The van der Waals surface area contributed by atoms with E-state index < -0.39 is 5.97 Å². The molecule has 6 nitrogen and oxygen atoms in total. The van der Waals surface area contributed by atoms with Crippen LogP contribution in [0.3, 0.4) is 0 Å². The van der Waals surface area contributed by atoms with Crippen LogP contribution < -0.4 is 4.74 Å².